The molecule has 0 aliphatic carbocycles. The van der Waals surface area contributed by atoms with Crippen LogP contribution >= 0.6 is 0 Å². The molecule has 2 rings (SSSR count). The van der Waals surface area contributed by atoms with Gasteiger partial charge in [0.15, 0.2) is 0 Å². The van der Waals surface area contributed by atoms with Crippen molar-refractivity contribution in [3.8, 4) is 0 Å². The number of carbonyl (C=O) groups is 2. The van der Waals surface area contributed by atoms with Crippen LogP contribution in [-0.2, 0) is 4.79 Å². The van der Waals surface area contributed by atoms with Crippen LogP contribution in [0.1, 0.15) is 38.3 Å². The lowest BCUT2D eigenvalue weighted by Crippen LogP contribution is -2.36. The molecule has 3 N–H and O–H groups in total. The number of carboxylic acid groups (broad SMARTS) is 1. The van der Waals surface area contributed by atoms with Crippen LogP contribution in [0.15, 0.2) is 24.3 Å². The van der Waals surface area contributed by atoms with Gasteiger partial charge in [0.1, 0.15) is 0 Å². The topological polar surface area (TPSA) is 86.9 Å². The molecule has 1 unspecified atom stereocenters. The summed E-state index contributed by atoms with van der Waals surface area (Å²) in [5.74, 6) is -0.865. The van der Waals surface area contributed by atoms with E-state index in [0.29, 0.717) is 19.5 Å². The fourth-order valence-electron chi connectivity index (χ4n) is 2.74. The molecule has 120 valence electrons. The first-order valence-electron chi connectivity index (χ1n) is 7.56. The number of carboxylic acids is 1. The summed E-state index contributed by atoms with van der Waals surface area (Å²) in [6.45, 7) is 5.30. The summed E-state index contributed by atoms with van der Waals surface area (Å²) in [4.78, 5) is 26.8. The molecule has 1 aliphatic rings. The summed E-state index contributed by atoms with van der Waals surface area (Å²) in [5, 5.41) is 8.80. The van der Waals surface area contributed by atoms with Crippen molar-refractivity contribution >= 4 is 17.7 Å². The van der Waals surface area contributed by atoms with E-state index in [0.717, 1.165) is 11.3 Å². The van der Waals surface area contributed by atoms with E-state index in [-0.39, 0.29) is 18.5 Å². The van der Waals surface area contributed by atoms with E-state index in [1.165, 1.54) is 0 Å². The Morgan fingerprint density at radius 2 is 2.00 bits per heavy atom. The molecule has 1 aromatic rings. The van der Waals surface area contributed by atoms with E-state index >= 15 is 0 Å². The number of rotatable bonds is 6. The van der Waals surface area contributed by atoms with Gasteiger partial charge in [0.2, 0.25) is 0 Å². The van der Waals surface area contributed by atoms with Crippen molar-refractivity contribution in [2.24, 2.45) is 5.73 Å². The van der Waals surface area contributed by atoms with Crippen LogP contribution < -0.4 is 10.6 Å². The monoisotopic (exact) mass is 305 g/mol. The van der Waals surface area contributed by atoms with Crippen molar-refractivity contribution in [1.82, 2.24) is 4.90 Å². The molecule has 0 aromatic heterocycles. The number of nitrogens with zero attached hydrogens (tertiary/aromatic N) is 2. The number of benzene rings is 1. The minimum atomic E-state index is -0.865. The maximum atomic E-state index is 12.5. The zero-order valence-electron chi connectivity index (χ0n) is 13.0. The lowest BCUT2D eigenvalue weighted by atomic mass is 10.0. The third kappa shape index (κ3) is 3.39. The first-order valence-corrected chi connectivity index (χ1v) is 7.56. The second-order valence-corrected chi connectivity index (χ2v) is 5.82. The molecule has 0 bridgehead atoms. The molecule has 1 fully saturated rings. The van der Waals surface area contributed by atoms with Crippen LogP contribution in [-0.4, -0.2) is 41.1 Å². The zero-order chi connectivity index (χ0) is 16.3. The van der Waals surface area contributed by atoms with E-state index in [4.69, 9.17) is 10.8 Å². The Hall–Kier alpha value is -2.08. The molecule has 1 aliphatic heterocycles. The number of amides is 2. The average molecular weight is 305 g/mol. The van der Waals surface area contributed by atoms with Gasteiger partial charge in [-0.05, 0) is 31.9 Å². The third-order valence-corrected chi connectivity index (χ3v) is 3.96. The Morgan fingerprint density at radius 1 is 1.32 bits per heavy atom. The van der Waals surface area contributed by atoms with Gasteiger partial charge in [0.25, 0.3) is 0 Å². The van der Waals surface area contributed by atoms with Crippen molar-refractivity contribution in [3.63, 3.8) is 0 Å². The van der Waals surface area contributed by atoms with Gasteiger partial charge in [0, 0.05) is 31.6 Å². The zero-order valence-corrected chi connectivity index (χ0v) is 13.0. The van der Waals surface area contributed by atoms with E-state index in [2.05, 4.69) is 0 Å². The molecule has 0 radical (unpaired) electrons. The quantitative estimate of drug-likeness (QED) is 0.843. The van der Waals surface area contributed by atoms with Crippen molar-refractivity contribution in [3.05, 3.63) is 29.8 Å². The molecule has 1 atom stereocenters. The molecule has 6 heteroatoms. The first-order chi connectivity index (χ1) is 10.4. The summed E-state index contributed by atoms with van der Waals surface area (Å²) < 4.78 is 0. The van der Waals surface area contributed by atoms with Crippen molar-refractivity contribution in [1.29, 1.82) is 0 Å². The predicted molar refractivity (Wildman–Crippen MR) is 84.8 cm³/mol. The second kappa shape index (κ2) is 6.79. The predicted octanol–water partition coefficient (Wildman–Crippen LogP) is 2.20. The maximum Gasteiger partial charge on any atom is 0.324 e. The fraction of sp³-hybridized carbons (Fsp3) is 0.500. The third-order valence-electron chi connectivity index (χ3n) is 3.96. The van der Waals surface area contributed by atoms with Crippen LogP contribution in [0.2, 0.25) is 0 Å². The van der Waals surface area contributed by atoms with Crippen LogP contribution in [0, 0.1) is 0 Å². The highest BCUT2D eigenvalue weighted by Gasteiger charge is 2.32. The highest BCUT2D eigenvalue weighted by molar-refractivity contribution is 5.95. The molecule has 1 heterocycles. The van der Waals surface area contributed by atoms with E-state index in [9.17, 15) is 9.59 Å². The highest BCUT2D eigenvalue weighted by Crippen LogP contribution is 2.30. The van der Waals surface area contributed by atoms with Crippen LogP contribution in [0.4, 0.5) is 10.5 Å². The second-order valence-electron chi connectivity index (χ2n) is 5.82. The van der Waals surface area contributed by atoms with Crippen LogP contribution in [0.25, 0.3) is 0 Å². The van der Waals surface area contributed by atoms with Crippen molar-refractivity contribution in [2.45, 2.75) is 38.8 Å². The SMILES string of the molecule is CC(C)N1CCN(c2ccccc2C(N)CCC(=O)O)C1=O. The molecule has 1 saturated heterocycles. The van der Waals surface area contributed by atoms with Gasteiger partial charge in [-0.25, -0.2) is 4.79 Å². The molecular weight excluding hydrogens is 282 g/mol. The number of carbonyl (C=O) groups excluding carboxylic acids is 1. The van der Waals surface area contributed by atoms with Gasteiger partial charge in [-0.15, -0.1) is 0 Å². The standard InChI is InChI=1S/C16H23N3O3/c1-11(2)18-9-10-19(16(18)22)14-6-4-3-5-12(14)13(17)7-8-15(20)21/h3-6,11,13H,7-10,17H2,1-2H3,(H,20,21). The molecular formula is C16H23N3O3. The summed E-state index contributed by atoms with van der Waals surface area (Å²) in [6, 6.07) is 7.21. The summed E-state index contributed by atoms with van der Waals surface area (Å²) in [7, 11) is 0. The van der Waals surface area contributed by atoms with Gasteiger partial charge in [-0.1, -0.05) is 18.2 Å². The van der Waals surface area contributed by atoms with Crippen molar-refractivity contribution in [2.75, 3.05) is 18.0 Å². The van der Waals surface area contributed by atoms with Crippen molar-refractivity contribution < 1.29 is 14.7 Å². The molecule has 0 spiro atoms. The smallest absolute Gasteiger partial charge is 0.324 e. The van der Waals surface area contributed by atoms with E-state index < -0.39 is 12.0 Å². The number of hydrogen-bond acceptors (Lipinski definition) is 3. The molecule has 22 heavy (non-hydrogen) atoms. The average Bonchev–Trinajstić information content (AvgIpc) is 2.86. The minimum Gasteiger partial charge on any atom is -0.481 e. The normalized spacial score (nSPS) is 16.5. The van der Waals surface area contributed by atoms with Gasteiger partial charge in [0.05, 0.1) is 5.69 Å². The lowest BCUT2D eigenvalue weighted by Gasteiger charge is -2.25. The van der Waals surface area contributed by atoms with Gasteiger partial charge in [-0.2, -0.15) is 0 Å². The van der Waals surface area contributed by atoms with E-state index in [1.807, 2.05) is 43.0 Å². The molecule has 1 aromatic carbocycles. The largest absolute Gasteiger partial charge is 0.481 e. The molecule has 6 nitrogen and oxygen atoms in total. The number of urea groups is 1. The van der Waals surface area contributed by atoms with E-state index in [1.54, 1.807) is 4.90 Å². The summed E-state index contributed by atoms with van der Waals surface area (Å²) in [5.41, 5.74) is 7.74. The van der Waals surface area contributed by atoms with Crippen LogP contribution in [0.5, 0.6) is 0 Å². The van der Waals surface area contributed by atoms with Crippen LogP contribution in [0.3, 0.4) is 0 Å². The minimum absolute atomic E-state index is 0.0154. The molecule has 2 amide bonds. The lowest BCUT2D eigenvalue weighted by molar-refractivity contribution is -0.137. The number of aliphatic carboxylic acids is 1. The van der Waals surface area contributed by atoms with Gasteiger partial charge >= 0.3 is 12.0 Å². The summed E-state index contributed by atoms with van der Waals surface area (Å²) in [6.07, 6.45) is 0.365. The maximum absolute atomic E-state index is 12.5. The fourth-order valence-corrected chi connectivity index (χ4v) is 2.74. The number of para-hydroxylation sites is 1. The molecule has 0 saturated carbocycles. The highest BCUT2D eigenvalue weighted by atomic mass is 16.4. The Bertz CT molecular complexity index is 559. The van der Waals surface area contributed by atoms with Gasteiger partial charge < -0.3 is 15.7 Å². The summed E-state index contributed by atoms with van der Waals surface area (Å²) >= 11 is 0. The number of anilines is 1. The first kappa shape index (κ1) is 16.3. The number of nitrogens with two attached hydrogens (primary N) is 1. The Kier molecular flexibility index (Phi) is 5.03. The number of hydrogen-bond donors (Lipinski definition) is 2. The Balaban J connectivity index is 2.22. The Morgan fingerprint density at radius 3 is 2.59 bits per heavy atom. The van der Waals surface area contributed by atoms with Gasteiger partial charge in [-0.3, -0.25) is 9.69 Å². The Labute approximate surface area is 130 Å².